The Balaban J connectivity index is 4.18. The van der Waals surface area contributed by atoms with Gasteiger partial charge in [-0.05, 0) is 25.8 Å². The fraction of sp³-hybridized carbons (Fsp3) is 0.545. The molecule has 0 saturated carbocycles. The maximum Gasteiger partial charge on any atom is 0.0865 e. The highest BCUT2D eigenvalue weighted by molar-refractivity contribution is 5.57. The van der Waals surface area contributed by atoms with E-state index in [1.54, 1.807) is 6.34 Å². The fourth-order valence-electron chi connectivity index (χ4n) is 0.819. The normalized spacial score (nSPS) is 13.5. The first kappa shape index (κ1) is 11.9. The lowest BCUT2D eigenvalue weighted by atomic mass is 10.1. The standard InChI is InChI=1S/C11H20N2/c1-5-7-8-11(10(3)4)13-9-12-6-2/h5,7-10H,6H2,1-4H3,(H,12,13)/b7-5+,11-8-. The van der Waals surface area contributed by atoms with E-state index >= 15 is 0 Å². The van der Waals surface area contributed by atoms with Gasteiger partial charge in [-0.1, -0.05) is 26.0 Å². The zero-order chi connectivity index (χ0) is 10.1. The number of rotatable bonds is 5. The van der Waals surface area contributed by atoms with Gasteiger partial charge in [-0.25, -0.2) is 0 Å². The molecule has 1 N–H and O–H groups in total. The van der Waals surface area contributed by atoms with Gasteiger partial charge in [0.05, 0.1) is 6.34 Å². The maximum absolute atomic E-state index is 4.10. The molecule has 0 fully saturated rings. The second-order valence-corrected chi connectivity index (χ2v) is 3.07. The van der Waals surface area contributed by atoms with Gasteiger partial charge in [0, 0.05) is 12.2 Å². The van der Waals surface area contributed by atoms with Gasteiger partial charge in [-0.15, -0.1) is 0 Å². The predicted octanol–water partition coefficient (Wildman–Crippen LogP) is 2.74. The molecule has 74 valence electrons. The lowest BCUT2D eigenvalue weighted by Crippen LogP contribution is -2.15. The van der Waals surface area contributed by atoms with Gasteiger partial charge in [0.25, 0.3) is 0 Å². The zero-order valence-corrected chi connectivity index (χ0v) is 9.04. The molecule has 0 heterocycles. The first-order valence-corrected chi connectivity index (χ1v) is 4.80. The average Bonchev–Trinajstić information content (AvgIpc) is 2.10. The van der Waals surface area contributed by atoms with Crippen LogP contribution < -0.4 is 5.32 Å². The van der Waals surface area contributed by atoms with E-state index in [1.165, 1.54) is 5.70 Å². The minimum atomic E-state index is 0.500. The van der Waals surface area contributed by atoms with Crippen molar-refractivity contribution in [3.8, 4) is 0 Å². The third-order valence-corrected chi connectivity index (χ3v) is 1.60. The van der Waals surface area contributed by atoms with E-state index < -0.39 is 0 Å². The number of hydrogen-bond donors (Lipinski definition) is 1. The minimum Gasteiger partial charge on any atom is -0.350 e. The molecule has 0 aliphatic rings. The number of allylic oxidation sites excluding steroid dienone is 4. The molecule has 13 heavy (non-hydrogen) atoms. The molecular weight excluding hydrogens is 160 g/mol. The molecule has 0 amide bonds. The van der Waals surface area contributed by atoms with Crippen molar-refractivity contribution in [1.82, 2.24) is 5.32 Å². The monoisotopic (exact) mass is 180 g/mol. The smallest absolute Gasteiger partial charge is 0.0865 e. The van der Waals surface area contributed by atoms with Crippen LogP contribution >= 0.6 is 0 Å². The largest absolute Gasteiger partial charge is 0.350 e. The van der Waals surface area contributed by atoms with Crippen LogP contribution in [0, 0.1) is 5.92 Å². The lowest BCUT2D eigenvalue weighted by molar-refractivity contribution is 0.729. The van der Waals surface area contributed by atoms with E-state index in [1.807, 2.05) is 26.0 Å². The van der Waals surface area contributed by atoms with Crippen molar-refractivity contribution in [2.24, 2.45) is 10.9 Å². The van der Waals surface area contributed by atoms with Crippen molar-refractivity contribution in [3.63, 3.8) is 0 Å². The summed E-state index contributed by atoms with van der Waals surface area (Å²) >= 11 is 0. The molecule has 2 nitrogen and oxygen atoms in total. The highest BCUT2D eigenvalue weighted by Gasteiger charge is 1.98. The van der Waals surface area contributed by atoms with E-state index in [4.69, 9.17) is 0 Å². The van der Waals surface area contributed by atoms with E-state index in [0.29, 0.717) is 5.92 Å². The van der Waals surface area contributed by atoms with Gasteiger partial charge in [0.15, 0.2) is 0 Å². The molecule has 0 radical (unpaired) electrons. The van der Waals surface area contributed by atoms with Crippen LogP contribution in [0.2, 0.25) is 0 Å². The summed E-state index contributed by atoms with van der Waals surface area (Å²) in [6, 6.07) is 0. The zero-order valence-electron chi connectivity index (χ0n) is 9.04. The van der Waals surface area contributed by atoms with Crippen LogP contribution in [0.15, 0.2) is 28.9 Å². The first-order chi connectivity index (χ1) is 6.22. The van der Waals surface area contributed by atoms with E-state index in [-0.39, 0.29) is 0 Å². The van der Waals surface area contributed by atoms with E-state index in [0.717, 1.165) is 6.54 Å². The summed E-state index contributed by atoms with van der Waals surface area (Å²) in [4.78, 5) is 4.10. The number of nitrogens with one attached hydrogen (secondary N) is 1. The van der Waals surface area contributed by atoms with E-state index in [2.05, 4.69) is 30.2 Å². The van der Waals surface area contributed by atoms with Crippen molar-refractivity contribution >= 4 is 6.34 Å². The second kappa shape index (κ2) is 7.59. The molecular formula is C11H20N2. The second-order valence-electron chi connectivity index (χ2n) is 3.07. The highest BCUT2D eigenvalue weighted by atomic mass is 14.9. The molecule has 0 atom stereocenters. The first-order valence-electron chi connectivity index (χ1n) is 4.80. The molecule has 0 aromatic carbocycles. The van der Waals surface area contributed by atoms with Crippen molar-refractivity contribution in [2.45, 2.75) is 27.7 Å². The van der Waals surface area contributed by atoms with Gasteiger partial charge in [-0.2, -0.15) is 0 Å². The molecule has 0 spiro atoms. The Labute approximate surface area is 81.5 Å². The molecule has 0 saturated heterocycles. The number of nitrogens with zero attached hydrogens (tertiary/aromatic N) is 1. The number of hydrogen-bond acceptors (Lipinski definition) is 1. The van der Waals surface area contributed by atoms with Crippen LogP contribution in [0.1, 0.15) is 27.7 Å². The van der Waals surface area contributed by atoms with Gasteiger partial charge in [0.2, 0.25) is 0 Å². The highest BCUT2D eigenvalue weighted by Crippen LogP contribution is 2.04. The van der Waals surface area contributed by atoms with Crippen LogP contribution in [0.3, 0.4) is 0 Å². The van der Waals surface area contributed by atoms with Crippen LogP contribution in [0.5, 0.6) is 0 Å². The minimum absolute atomic E-state index is 0.500. The van der Waals surface area contributed by atoms with Crippen LogP contribution in [-0.2, 0) is 0 Å². The predicted molar refractivity (Wildman–Crippen MR) is 59.9 cm³/mol. The topological polar surface area (TPSA) is 24.4 Å². The Morgan fingerprint density at radius 3 is 2.62 bits per heavy atom. The molecule has 0 rings (SSSR count). The fourth-order valence-corrected chi connectivity index (χ4v) is 0.819. The Morgan fingerprint density at radius 1 is 1.46 bits per heavy atom. The third kappa shape index (κ3) is 6.14. The summed E-state index contributed by atoms with van der Waals surface area (Å²) in [5, 5.41) is 3.17. The Morgan fingerprint density at radius 2 is 2.15 bits per heavy atom. The Bertz CT molecular complexity index is 200. The van der Waals surface area contributed by atoms with Crippen molar-refractivity contribution < 1.29 is 0 Å². The molecule has 0 unspecified atom stereocenters. The third-order valence-electron chi connectivity index (χ3n) is 1.60. The van der Waals surface area contributed by atoms with Crippen LogP contribution in [0.25, 0.3) is 0 Å². The van der Waals surface area contributed by atoms with Crippen molar-refractivity contribution in [3.05, 3.63) is 23.9 Å². The molecule has 0 aliphatic heterocycles. The quantitative estimate of drug-likeness (QED) is 0.392. The van der Waals surface area contributed by atoms with Crippen molar-refractivity contribution in [2.75, 3.05) is 6.54 Å². The van der Waals surface area contributed by atoms with Crippen LogP contribution in [-0.4, -0.2) is 12.9 Å². The van der Waals surface area contributed by atoms with Crippen LogP contribution in [0.4, 0.5) is 0 Å². The Hall–Kier alpha value is -1.05. The van der Waals surface area contributed by atoms with Gasteiger partial charge < -0.3 is 5.32 Å². The molecule has 0 bridgehead atoms. The summed E-state index contributed by atoms with van der Waals surface area (Å²) in [6.07, 6.45) is 7.88. The van der Waals surface area contributed by atoms with Gasteiger partial charge in [-0.3, -0.25) is 4.99 Å². The summed E-state index contributed by atoms with van der Waals surface area (Å²) in [7, 11) is 0. The maximum atomic E-state index is 4.10. The van der Waals surface area contributed by atoms with E-state index in [9.17, 15) is 0 Å². The summed E-state index contributed by atoms with van der Waals surface area (Å²) in [5.41, 5.74) is 1.19. The molecule has 0 aromatic rings. The summed E-state index contributed by atoms with van der Waals surface area (Å²) in [5.74, 6) is 0.500. The number of aliphatic imine (C=N–C) groups is 1. The van der Waals surface area contributed by atoms with Gasteiger partial charge in [0.1, 0.15) is 0 Å². The van der Waals surface area contributed by atoms with Crippen molar-refractivity contribution in [1.29, 1.82) is 0 Å². The molecule has 2 heteroatoms. The summed E-state index contributed by atoms with van der Waals surface area (Å²) in [6.45, 7) is 9.16. The average molecular weight is 180 g/mol. The SMILES string of the molecule is C/C=C/C=C(\NC=NCC)C(C)C. The molecule has 0 aromatic heterocycles. The Kier molecular flexibility index (Phi) is 6.98. The van der Waals surface area contributed by atoms with Gasteiger partial charge >= 0.3 is 0 Å². The summed E-state index contributed by atoms with van der Waals surface area (Å²) < 4.78 is 0. The molecule has 0 aliphatic carbocycles. The lowest BCUT2D eigenvalue weighted by Gasteiger charge is -2.09.